The molecule has 0 spiro atoms. The molecule has 7 heteroatoms. The van der Waals surface area contributed by atoms with E-state index in [-0.39, 0.29) is 88.0 Å². The average molecular weight is 1110 g/mol. The summed E-state index contributed by atoms with van der Waals surface area (Å²) < 4.78 is 174. The van der Waals surface area contributed by atoms with Crippen molar-refractivity contribution < 1.29 is 55.0 Å². The molecule has 0 aliphatic carbocycles. The van der Waals surface area contributed by atoms with Crippen LogP contribution in [0.25, 0.3) is 99.8 Å². The van der Waals surface area contributed by atoms with E-state index in [4.69, 9.17) is 28.9 Å². The quantitative estimate of drug-likeness (QED) is 0.101. The minimum absolute atomic E-state index is 0. The molecule has 0 saturated heterocycles. The van der Waals surface area contributed by atoms with Crippen molar-refractivity contribution >= 4 is 54.6 Å². The molecule has 6 nitrogen and oxygen atoms in total. The van der Waals surface area contributed by atoms with Crippen molar-refractivity contribution in [1.82, 2.24) is 18.7 Å². The van der Waals surface area contributed by atoms with Crippen LogP contribution in [-0.2, 0) is 27.5 Å². The van der Waals surface area contributed by atoms with Gasteiger partial charge in [0.25, 0.3) is 6.33 Å². The molecule has 4 heterocycles. The van der Waals surface area contributed by atoms with Crippen molar-refractivity contribution in [3.8, 4) is 56.6 Å². The number of hydrogen-bond acceptors (Lipinski definition) is 2. The van der Waals surface area contributed by atoms with E-state index in [9.17, 15) is 5.48 Å². The fraction of sp³-hybridized carbons (Fsp3) is 0.0625. The zero-order valence-corrected chi connectivity index (χ0v) is 39.9. The van der Waals surface area contributed by atoms with Crippen LogP contribution in [0.5, 0.6) is 11.5 Å². The molecule has 0 aliphatic heterocycles. The van der Waals surface area contributed by atoms with Gasteiger partial charge in [-0.3, -0.25) is 4.57 Å². The number of rotatable bonds is 10. The van der Waals surface area contributed by atoms with Gasteiger partial charge < -0.3 is 18.4 Å². The van der Waals surface area contributed by atoms with E-state index in [0.717, 1.165) is 12.0 Å². The summed E-state index contributed by atoms with van der Waals surface area (Å²) in [5, 5.41) is 0.879. The van der Waals surface area contributed by atoms with Crippen molar-refractivity contribution in [2.75, 3.05) is 0 Å². The number of fused-ring (bicyclic) bond motifs is 7. The minimum atomic E-state index is -0.631. The zero-order valence-electron chi connectivity index (χ0n) is 55.6. The van der Waals surface area contributed by atoms with Gasteiger partial charge in [0.2, 0.25) is 0 Å². The normalized spacial score (nSPS) is 15.1. The second-order valence-electron chi connectivity index (χ2n) is 17.0. The first kappa shape index (κ1) is 28.4. The SMILES string of the molecule is [2H]c1c([2H])c([2H])c(-c2cccc(-c3c([2H])c([2H])c([2H])c([2H])c3[2H])c2-[n+]2[c-]n(-c3[c-]c(Oc4[c-]c5c(c(-n6c7c([2H])c([2H])c([2H])c([2H])c7c7c([2H])c([2H])c([2H])c([2H])c76)c4)c4ccccc4n5-c4cc(CC(C)C)ccn4)ccc3)c3ccccc32)c([2H])c1[2H].[Pt]. The van der Waals surface area contributed by atoms with Crippen molar-refractivity contribution in [2.24, 2.45) is 5.92 Å². The van der Waals surface area contributed by atoms with E-state index < -0.39 is 109 Å². The van der Waals surface area contributed by atoms with Gasteiger partial charge in [0.15, 0.2) is 0 Å². The van der Waals surface area contributed by atoms with Crippen molar-refractivity contribution in [1.29, 1.82) is 0 Å². The van der Waals surface area contributed by atoms with Gasteiger partial charge in [-0.2, -0.15) is 12.1 Å². The van der Waals surface area contributed by atoms with E-state index in [1.165, 1.54) is 27.3 Å². The molecule has 0 atom stereocenters. The van der Waals surface area contributed by atoms with Gasteiger partial charge in [-0.1, -0.05) is 182 Å². The summed E-state index contributed by atoms with van der Waals surface area (Å²) in [5.41, 5.74) is 2.98. The standard InChI is InChI=1S/C64H45N5O.Pt/c1-43(2)37-44-35-36-65-62(38-44)69-57-32-14-11-27-54(57)63-60(68-55-30-12-9-25-52(55)53-26-10-13-31-56(53)68)40-49(41-61(63)69)70-48-24-17-23-47(39-48)66-42-67(59-34-16-15-33-58(59)66)64-50(45-19-5-3-6-20-45)28-18-29-51(64)46-21-7-4-8-22-46;/h3-36,38,40,43H,37H2,1-2H3;/q-2;/i3D,4D,5D,6D,7D,8D,9D,10D,12D,13D,19D,20D,21D,22D,25D,26D,30D,31D;. The fourth-order valence-electron chi connectivity index (χ4n) is 9.38. The number of hydrogen-bond donors (Lipinski definition) is 0. The molecule has 0 amide bonds. The molecule has 13 aromatic rings. The van der Waals surface area contributed by atoms with Gasteiger partial charge >= 0.3 is 0 Å². The Morgan fingerprint density at radius 1 is 0.592 bits per heavy atom. The maximum atomic E-state index is 9.47. The molecule has 4 aromatic heterocycles. The summed E-state index contributed by atoms with van der Waals surface area (Å²) in [4.78, 5) is 4.86. The molecule has 13 rings (SSSR count). The summed E-state index contributed by atoms with van der Waals surface area (Å²) in [7, 11) is 0. The van der Waals surface area contributed by atoms with E-state index in [0.29, 0.717) is 50.3 Å². The molecule has 0 saturated carbocycles. The number of nitrogens with zero attached hydrogens (tertiary/aromatic N) is 5. The Hall–Kier alpha value is -8.31. The number of ether oxygens (including phenoxy) is 1. The number of para-hydroxylation sites is 6. The Kier molecular flexibility index (Phi) is 7.28. The first-order chi connectivity index (χ1) is 42.0. The Bertz CT molecular complexity index is 4990. The van der Waals surface area contributed by atoms with Gasteiger partial charge in [0, 0.05) is 55.1 Å². The predicted molar refractivity (Wildman–Crippen MR) is 284 cm³/mol. The van der Waals surface area contributed by atoms with Crippen LogP contribution < -0.4 is 9.30 Å². The second-order valence-corrected chi connectivity index (χ2v) is 17.0. The summed E-state index contributed by atoms with van der Waals surface area (Å²) in [6.07, 6.45) is 5.81. The smallest absolute Gasteiger partial charge is 0.268 e. The summed E-state index contributed by atoms with van der Waals surface area (Å²) in [5.74, 6) is 0.931. The fourth-order valence-corrected chi connectivity index (χ4v) is 9.38. The number of pyridine rings is 1. The number of imidazole rings is 1. The molecule has 9 aromatic carbocycles. The molecular weight excluding hydrogens is 1050 g/mol. The molecule has 0 radical (unpaired) electrons. The Balaban J connectivity index is 0.00000769. The number of benzene rings is 9. The second kappa shape index (κ2) is 18.2. The van der Waals surface area contributed by atoms with Gasteiger partial charge in [-0.05, 0) is 87.2 Å². The van der Waals surface area contributed by atoms with E-state index in [1.807, 2.05) is 41.0 Å². The first-order valence-electron chi connectivity index (χ1n) is 31.4. The van der Waals surface area contributed by atoms with Crippen LogP contribution in [0, 0.1) is 24.4 Å². The maximum absolute atomic E-state index is 9.47. The molecule has 0 unspecified atom stereocenters. The van der Waals surface area contributed by atoms with Crippen LogP contribution in [0.2, 0.25) is 0 Å². The Morgan fingerprint density at radius 3 is 1.93 bits per heavy atom. The predicted octanol–water partition coefficient (Wildman–Crippen LogP) is 15.2. The summed E-state index contributed by atoms with van der Waals surface area (Å²) >= 11 is 0. The van der Waals surface area contributed by atoms with Crippen LogP contribution >= 0.6 is 0 Å². The van der Waals surface area contributed by atoms with Crippen molar-refractivity contribution in [2.45, 2.75) is 20.3 Å². The first-order valence-corrected chi connectivity index (χ1v) is 22.4. The van der Waals surface area contributed by atoms with Crippen LogP contribution in [-0.4, -0.2) is 18.7 Å². The van der Waals surface area contributed by atoms with Crippen LogP contribution in [0.15, 0.2) is 218 Å². The molecule has 0 bridgehead atoms. The van der Waals surface area contributed by atoms with E-state index in [1.54, 1.807) is 59.3 Å². The van der Waals surface area contributed by atoms with Crippen molar-refractivity contribution in [3.63, 3.8) is 0 Å². The van der Waals surface area contributed by atoms with Gasteiger partial charge in [-0.15, -0.1) is 24.3 Å². The third-order valence-electron chi connectivity index (χ3n) is 12.2. The van der Waals surface area contributed by atoms with E-state index in [2.05, 4.69) is 32.3 Å². The van der Waals surface area contributed by atoms with Crippen LogP contribution in [0.1, 0.15) is 44.1 Å². The Labute approximate surface area is 451 Å². The largest absolute Gasteiger partial charge is 0.510 e. The average Bonchev–Trinajstić information content (AvgIpc) is 1.56. The molecule has 0 fully saturated rings. The Morgan fingerprint density at radius 2 is 1.23 bits per heavy atom. The van der Waals surface area contributed by atoms with Gasteiger partial charge in [0.1, 0.15) is 5.82 Å². The third kappa shape index (κ3) is 7.63. The topological polar surface area (TPSA) is 40.8 Å². The van der Waals surface area contributed by atoms with Crippen molar-refractivity contribution in [3.05, 3.63) is 242 Å². The minimum Gasteiger partial charge on any atom is -0.510 e. The van der Waals surface area contributed by atoms with Crippen LogP contribution in [0.3, 0.4) is 0 Å². The van der Waals surface area contributed by atoms with Gasteiger partial charge in [-0.25, -0.2) is 4.98 Å². The number of aromatic nitrogens is 5. The maximum Gasteiger partial charge on any atom is 0.268 e. The van der Waals surface area contributed by atoms with Gasteiger partial charge in [0.05, 0.1) is 52.4 Å². The van der Waals surface area contributed by atoms with E-state index >= 15 is 0 Å². The summed E-state index contributed by atoms with van der Waals surface area (Å²) in [6, 6.07) is 26.1. The molecular formula is C64H45N5OPt-2. The molecule has 344 valence electrons. The molecule has 71 heavy (non-hydrogen) atoms. The monoisotopic (exact) mass is 1110 g/mol. The zero-order chi connectivity index (χ0) is 62.4. The summed E-state index contributed by atoms with van der Waals surface area (Å²) in [6.45, 7) is 4.22. The van der Waals surface area contributed by atoms with Crippen LogP contribution in [0.4, 0.5) is 0 Å². The molecule has 0 aliphatic rings. The third-order valence-corrected chi connectivity index (χ3v) is 12.2. The molecule has 0 N–H and O–H groups in total.